The van der Waals surface area contributed by atoms with Gasteiger partial charge in [-0.25, -0.2) is 0 Å². The lowest BCUT2D eigenvalue weighted by atomic mass is 10.1. The van der Waals surface area contributed by atoms with Crippen LogP contribution >= 0.6 is 0 Å². The summed E-state index contributed by atoms with van der Waals surface area (Å²) in [5.74, 6) is -0.173. The Morgan fingerprint density at radius 2 is 2.10 bits per heavy atom. The van der Waals surface area contributed by atoms with E-state index in [1.54, 1.807) is 0 Å². The quantitative estimate of drug-likeness (QED) is 0.785. The van der Waals surface area contributed by atoms with E-state index in [9.17, 15) is 9.59 Å². The van der Waals surface area contributed by atoms with Crippen LogP contribution in [0.5, 0.6) is 0 Å². The van der Waals surface area contributed by atoms with Crippen LogP contribution in [0.25, 0.3) is 0 Å². The molecule has 1 aliphatic rings. The molecule has 0 aromatic heterocycles. The zero-order valence-corrected chi connectivity index (χ0v) is 12.4. The Hall–Kier alpha value is -1.88. The monoisotopic (exact) mass is 290 g/mol. The van der Waals surface area contributed by atoms with Gasteiger partial charge < -0.3 is 15.4 Å². The largest absolute Gasteiger partial charge is 0.469 e. The molecule has 1 atom stereocenters. The van der Waals surface area contributed by atoms with Crippen LogP contribution in [0.1, 0.15) is 31.2 Å². The number of nitrogens with one attached hydrogen (secondary N) is 2. The molecule has 0 aliphatic carbocycles. The topological polar surface area (TPSA) is 67.4 Å². The van der Waals surface area contributed by atoms with Gasteiger partial charge in [0.25, 0.3) is 0 Å². The molecular weight excluding hydrogens is 268 g/mol. The van der Waals surface area contributed by atoms with Crippen LogP contribution < -0.4 is 10.6 Å². The second kappa shape index (κ2) is 7.78. The number of rotatable bonds is 6. The van der Waals surface area contributed by atoms with Crippen molar-refractivity contribution in [3.63, 3.8) is 0 Å². The van der Waals surface area contributed by atoms with Crippen molar-refractivity contribution in [1.29, 1.82) is 0 Å². The molecule has 2 N–H and O–H groups in total. The Morgan fingerprint density at radius 1 is 1.33 bits per heavy atom. The summed E-state index contributed by atoms with van der Waals surface area (Å²) < 4.78 is 4.61. The van der Waals surface area contributed by atoms with Gasteiger partial charge in [-0.05, 0) is 43.5 Å². The number of amides is 1. The molecule has 21 heavy (non-hydrogen) atoms. The minimum atomic E-state index is -0.212. The van der Waals surface area contributed by atoms with Crippen molar-refractivity contribution >= 4 is 17.6 Å². The van der Waals surface area contributed by atoms with Crippen molar-refractivity contribution in [2.24, 2.45) is 0 Å². The minimum Gasteiger partial charge on any atom is -0.469 e. The molecule has 1 aromatic rings. The second-order valence-electron chi connectivity index (χ2n) is 5.32. The smallest absolute Gasteiger partial charge is 0.305 e. The fourth-order valence-electron chi connectivity index (χ4n) is 2.47. The number of carbonyl (C=O) groups is 2. The molecule has 1 fully saturated rings. The highest BCUT2D eigenvalue weighted by molar-refractivity contribution is 5.91. The molecule has 1 amide bonds. The highest BCUT2D eigenvalue weighted by Gasteiger charge is 2.17. The van der Waals surface area contributed by atoms with E-state index >= 15 is 0 Å². The number of ether oxygens (including phenoxy) is 1. The van der Waals surface area contributed by atoms with Gasteiger partial charge >= 0.3 is 5.97 Å². The molecule has 0 radical (unpaired) electrons. The third-order valence-electron chi connectivity index (χ3n) is 3.68. The Kier molecular flexibility index (Phi) is 5.75. The molecule has 0 spiro atoms. The summed E-state index contributed by atoms with van der Waals surface area (Å²) in [5, 5.41) is 6.21. The Bertz CT molecular complexity index is 479. The normalized spacial score (nSPS) is 17.5. The molecule has 5 heteroatoms. The average Bonchev–Trinajstić information content (AvgIpc) is 2.99. The van der Waals surface area contributed by atoms with Gasteiger partial charge in [0, 0.05) is 24.6 Å². The lowest BCUT2D eigenvalue weighted by Gasteiger charge is -2.10. The molecule has 1 aromatic carbocycles. The first-order valence-corrected chi connectivity index (χ1v) is 7.36. The summed E-state index contributed by atoms with van der Waals surface area (Å²) in [4.78, 5) is 23.0. The highest BCUT2D eigenvalue weighted by atomic mass is 16.5. The number of hydrogen-bond donors (Lipinski definition) is 2. The molecule has 0 bridgehead atoms. The van der Waals surface area contributed by atoms with E-state index < -0.39 is 0 Å². The van der Waals surface area contributed by atoms with Crippen LogP contribution in [0.15, 0.2) is 24.3 Å². The Morgan fingerprint density at radius 3 is 2.71 bits per heavy atom. The lowest BCUT2D eigenvalue weighted by molar-refractivity contribution is -0.140. The standard InChI is InChI=1S/C16H22N2O3/c1-21-16(20)9-6-12-4-7-13(8-5-12)18-15(19)11-14-3-2-10-17-14/h4-5,7-8,14,17H,2-3,6,9-11H2,1H3,(H,18,19). The number of methoxy groups -OCH3 is 1. The van der Waals surface area contributed by atoms with Gasteiger partial charge in [0.15, 0.2) is 0 Å². The van der Waals surface area contributed by atoms with E-state index in [0.29, 0.717) is 25.3 Å². The fraction of sp³-hybridized carbons (Fsp3) is 0.500. The highest BCUT2D eigenvalue weighted by Crippen LogP contribution is 2.14. The fourth-order valence-corrected chi connectivity index (χ4v) is 2.47. The van der Waals surface area contributed by atoms with Gasteiger partial charge in [-0.15, -0.1) is 0 Å². The average molecular weight is 290 g/mol. The maximum absolute atomic E-state index is 11.9. The number of hydrogen-bond acceptors (Lipinski definition) is 4. The van der Waals surface area contributed by atoms with Gasteiger partial charge in [0.05, 0.1) is 7.11 Å². The van der Waals surface area contributed by atoms with E-state index in [1.165, 1.54) is 7.11 Å². The van der Waals surface area contributed by atoms with E-state index in [4.69, 9.17) is 0 Å². The summed E-state index contributed by atoms with van der Waals surface area (Å²) >= 11 is 0. The van der Waals surface area contributed by atoms with Crippen molar-refractivity contribution in [3.8, 4) is 0 Å². The van der Waals surface area contributed by atoms with E-state index in [-0.39, 0.29) is 11.9 Å². The van der Waals surface area contributed by atoms with Crippen LogP contribution in [0.3, 0.4) is 0 Å². The number of esters is 1. The third kappa shape index (κ3) is 5.19. The van der Waals surface area contributed by atoms with Crippen LogP contribution in [-0.4, -0.2) is 31.6 Å². The van der Waals surface area contributed by atoms with Crippen LogP contribution in [0.4, 0.5) is 5.69 Å². The van der Waals surface area contributed by atoms with Crippen molar-refractivity contribution in [2.75, 3.05) is 19.0 Å². The van der Waals surface area contributed by atoms with Gasteiger partial charge in [-0.3, -0.25) is 9.59 Å². The lowest BCUT2D eigenvalue weighted by Crippen LogP contribution is -2.27. The number of benzene rings is 1. The van der Waals surface area contributed by atoms with Crippen LogP contribution in [0.2, 0.25) is 0 Å². The molecule has 114 valence electrons. The minimum absolute atomic E-state index is 0.0386. The molecule has 2 rings (SSSR count). The first-order valence-electron chi connectivity index (χ1n) is 7.36. The van der Waals surface area contributed by atoms with Crippen molar-refractivity contribution in [2.45, 2.75) is 38.1 Å². The molecule has 5 nitrogen and oxygen atoms in total. The number of anilines is 1. The SMILES string of the molecule is COC(=O)CCc1ccc(NC(=O)CC2CCCN2)cc1. The number of aryl methyl sites for hydroxylation is 1. The van der Waals surface area contributed by atoms with E-state index in [2.05, 4.69) is 15.4 Å². The van der Waals surface area contributed by atoms with E-state index in [1.807, 2.05) is 24.3 Å². The predicted octanol–water partition coefficient (Wildman–Crippen LogP) is 1.87. The number of carbonyl (C=O) groups excluding carboxylic acids is 2. The van der Waals surface area contributed by atoms with E-state index in [0.717, 1.165) is 30.6 Å². The predicted molar refractivity (Wildman–Crippen MR) is 81.1 cm³/mol. The molecule has 1 heterocycles. The molecule has 1 unspecified atom stereocenters. The van der Waals surface area contributed by atoms with Crippen LogP contribution in [0, 0.1) is 0 Å². The molecular formula is C16H22N2O3. The first kappa shape index (κ1) is 15.5. The van der Waals surface area contributed by atoms with Gasteiger partial charge in [0.1, 0.15) is 0 Å². The summed E-state index contributed by atoms with van der Waals surface area (Å²) in [6.45, 7) is 1.01. The maximum atomic E-state index is 11.9. The first-order chi connectivity index (χ1) is 10.2. The maximum Gasteiger partial charge on any atom is 0.305 e. The second-order valence-corrected chi connectivity index (χ2v) is 5.32. The van der Waals surface area contributed by atoms with Crippen molar-refractivity contribution in [1.82, 2.24) is 5.32 Å². The van der Waals surface area contributed by atoms with Gasteiger partial charge in [-0.2, -0.15) is 0 Å². The van der Waals surface area contributed by atoms with Crippen molar-refractivity contribution in [3.05, 3.63) is 29.8 Å². The molecule has 1 aliphatic heterocycles. The zero-order valence-electron chi connectivity index (χ0n) is 12.4. The Labute approximate surface area is 125 Å². The third-order valence-corrected chi connectivity index (χ3v) is 3.68. The van der Waals surface area contributed by atoms with Crippen molar-refractivity contribution < 1.29 is 14.3 Å². The summed E-state index contributed by atoms with van der Waals surface area (Å²) in [6, 6.07) is 7.89. The molecule has 0 saturated carbocycles. The summed E-state index contributed by atoms with van der Waals surface area (Å²) in [6.07, 6.45) is 3.75. The summed E-state index contributed by atoms with van der Waals surface area (Å²) in [5.41, 5.74) is 1.84. The van der Waals surface area contributed by atoms with Crippen LogP contribution in [-0.2, 0) is 20.7 Å². The van der Waals surface area contributed by atoms with Gasteiger partial charge in [0.2, 0.25) is 5.91 Å². The zero-order chi connectivity index (χ0) is 15.1. The van der Waals surface area contributed by atoms with Gasteiger partial charge in [-0.1, -0.05) is 12.1 Å². The summed E-state index contributed by atoms with van der Waals surface area (Å²) in [7, 11) is 1.39. The molecule has 1 saturated heterocycles. The Balaban J connectivity index is 1.78.